The first-order chi connectivity index (χ1) is 13.8. The number of aryl methyl sites for hydroxylation is 1. The first kappa shape index (κ1) is 24.1. The Morgan fingerprint density at radius 2 is 1.83 bits per heavy atom. The quantitative estimate of drug-likeness (QED) is 0.315. The molecule has 1 aliphatic rings. The van der Waals surface area contributed by atoms with E-state index in [9.17, 15) is 0 Å². The SMILES string of the molecule is CCc1cnc(CNC(=NC)NCc2cccc(CN3CCCCCC3)c2)s1.I. The van der Waals surface area contributed by atoms with E-state index in [1.54, 1.807) is 11.3 Å². The molecule has 0 saturated carbocycles. The van der Waals surface area contributed by atoms with E-state index in [2.05, 4.69) is 56.7 Å². The van der Waals surface area contributed by atoms with Gasteiger partial charge in [-0.25, -0.2) is 4.98 Å². The van der Waals surface area contributed by atoms with Crippen molar-refractivity contribution in [3.05, 3.63) is 51.5 Å². The standard InChI is InChI=1S/C22H33N5S.HI/c1-3-20-15-24-21(28-20)16-26-22(23-2)25-14-18-9-8-10-19(13-18)17-27-11-6-4-5-7-12-27;/h8-10,13,15H,3-7,11-12,14,16-17H2,1-2H3,(H2,23,25,26);1H. The maximum atomic E-state index is 4.45. The lowest BCUT2D eigenvalue weighted by molar-refractivity contribution is 0.277. The molecule has 2 N–H and O–H groups in total. The van der Waals surface area contributed by atoms with E-state index in [-0.39, 0.29) is 24.0 Å². The molecule has 1 aromatic carbocycles. The number of nitrogens with zero attached hydrogens (tertiary/aromatic N) is 3. The Kier molecular flexibility index (Phi) is 10.9. The molecular formula is C22H34IN5S. The summed E-state index contributed by atoms with van der Waals surface area (Å²) in [6, 6.07) is 8.91. The topological polar surface area (TPSA) is 52.6 Å². The van der Waals surface area contributed by atoms with Gasteiger partial charge in [0.1, 0.15) is 5.01 Å². The van der Waals surface area contributed by atoms with Crippen molar-refractivity contribution >= 4 is 41.3 Å². The van der Waals surface area contributed by atoms with Gasteiger partial charge >= 0.3 is 0 Å². The van der Waals surface area contributed by atoms with E-state index in [1.165, 1.54) is 54.8 Å². The molecule has 0 bridgehead atoms. The van der Waals surface area contributed by atoms with E-state index >= 15 is 0 Å². The number of halogens is 1. The lowest BCUT2D eigenvalue weighted by Gasteiger charge is -2.20. The highest BCUT2D eigenvalue weighted by molar-refractivity contribution is 14.0. The van der Waals surface area contributed by atoms with Crippen molar-refractivity contribution in [2.45, 2.75) is 58.7 Å². The number of rotatable bonds is 7. The zero-order valence-corrected chi connectivity index (χ0v) is 20.8. The monoisotopic (exact) mass is 527 g/mol. The highest BCUT2D eigenvalue weighted by Crippen LogP contribution is 2.15. The molecule has 7 heteroatoms. The fourth-order valence-corrected chi connectivity index (χ4v) is 4.35. The summed E-state index contributed by atoms with van der Waals surface area (Å²) in [6.07, 6.45) is 8.44. The predicted molar refractivity (Wildman–Crippen MR) is 134 cm³/mol. The van der Waals surface area contributed by atoms with Crippen molar-refractivity contribution < 1.29 is 0 Å². The first-order valence-corrected chi connectivity index (χ1v) is 11.3. The number of aromatic nitrogens is 1. The molecule has 0 amide bonds. The summed E-state index contributed by atoms with van der Waals surface area (Å²) in [4.78, 5) is 12.7. The van der Waals surface area contributed by atoms with Gasteiger partial charge in [0.15, 0.2) is 5.96 Å². The Bertz CT molecular complexity index is 753. The molecule has 0 unspecified atom stereocenters. The van der Waals surface area contributed by atoms with Gasteiger partial charge in [-0.2, -0.15) is 0 Å². The Hall–Kier alpha value is -1.19. The van der Waals surface area contributed by atoms with E-state index in [1.807, 2.05) is 13.2 Å². The van der Waals surface area contributed by atoms with Crippen molar-refractivity contribution in [1.29, 1.82) is 0 Å². The Balaban J connectivity index is 0.00000300. The van der Waals surface area contributed by atoms with Gasteiger partial charge in [0, 0.05) is 31.2 Å². The third-order valence-corrected chi connectivity index (χ3v) is 6.28. The lowest BCUT2D eigenvalue weighted by atomic mass is 10.1. The van der Waals surface area contributed by atoms with Crippen LogP contribution in [0, 0.1) is 0 Å². The summed E-state index contributed by atoms with van der Waals surface area (Å²) < 4.78 is 0. The van der Waals surface area contributed by atoms with Crippen LogP contribution in [0.5, 0.6) is 0 Å². The van der Waals surface area contributed by atoms with Crippen molar-refractivity contribution in [2.24, 2.45) is 4.99 Å². The Labute approximate surface area is 196 Å². The first-order valence-electron chi connectivity index (χ1n) is 10.4. The van der Waals surface area contributed by atoms with E-state index in [0.29, 0.717) is 6.54 Å². The summed E-state index contributed by atoms with van der Waals surface area (Å²) in [7, 11) is 1.81. The van der Waals surface area contributed by atoms with Gasteiger partial charge in [-0.1, -0.05) is 44.0 Å². The zero-order valence-electron chi connectivity index (χ0n) is 17.6. The molecule has 3 rings (SSSR count). The maximum absolute atomic E-state index is 4.45. The van der Waals surface area contributed by atoms with Gasteiger partial charge in [0.25, 0.3) is 0 Å². The number of likely N-dealkylation sites (tertiary alicyclic amines) is 1. The third kappa shape index (κ3) is 8.22. The number of benzene rings is 1. The zero-order chi connectivity index (χ0) is 19.6. The molecule has 0 aliphatic carbocycles. The van der Waals surface area contributed by atoms with Gasteiger partial charge in [0.2, 0.25) is 0 Å². The van der Waals surface area contributed by atoms with Crippen LogP contribution < -0.4 is 10.6 Å². The van der Waals surface area contributed by atoms with Gasteiger partial charge in [-0.15, -0.1) is 35.3 Å². The summed E-state index contributed by atoms with van der Waals surface area (Å²) in [5, 5.41) is 7.88. The number of aliphatic imine (C=N–C) groups is 1. The molecule has 2 aromatic rings. The van der Waals surface area contributed by atoms with E-state index < -0.39 is 0 Å². The van der Waals surface area contributed by atoms with Crippen molar-refractivity contribution in [2.75, 3.05) is 20.1 Å². The molecule has 160 valence electrons. The Morgan fingerprint density at radius 3 is 2.52 bits per heavy atom. The molecule has 2 heterocycles. The molecule has 1 saturated heterocycles. The van der Waals surface area contributed by atoms with Crippen LogP contribution in [0.2, 0.25) is 0 Å². The number of hydrogen-bond acceptors (Lipinski definition) is 4. The molecule has 0 atom stereocenters. The molecule has 0 radical (unpaired) electrons. The number of guanidine groups is 1. The van der Waals surface area contributed by atoms with E-state index in [0.717, 1.165) is 30.5 Å². The summed E-state index contributed by atoms with van der Waals surface area (Å²) in [5.41, 5.74) is 2.69. The molecule has 1 aliphatic heterocycles. The fourth-order valence-electron chi connectivity index (χ4n) is 3.55. The average molecular weight is 528 g/mol. The second-order valence-electron chi connectivity index (χ2n) is 7.36. The fraction of sp³-hybridized carbons (Fsp3) is 0.545. The van der Waals surface area contributed by atoms with Crippen LogP contribution in [0.15, 0.2) is 35.5 Å². The van der Waals surface area contributed by atoms with E-state index in [4.69, 9.17) is 0 Å². The van der Waals surface area contributed by atoms with Crippen LogP contribution in [0.4, 0.5) is 0 Å². The molecule has 29 heavy (non-hydrogen) atoms. The summed E-state index contributed by atoms with van der Waals surface area (Å²) >= 11 is 1.76. The summed E-state index contributed by atoms with van der Waals surface area (Å²) in [6.45, 7) is 7.16. The van der Waals surface area contributed by atoms with Crippen LogP contribution >= 0.6 is 35.3 Å². The van der Waals surface area contributed by atoms with Crippen LogP contribution in [0.3, 0.4) is 0 Å². The minimum Gasteiger partial charge on any atom is -0.352 e. The van der Waals surface area contributed by atoms with Crippen LogP contribution in [-0.4, -0.2) is 36.0 Å². The smallest absolute Gasteiger partial charge is 0.191 e. The van der Waals surface area contributed by atoms with Gasteiger partial charge in [-0.05, 0) is 43.5 Å². The number of hydrogen-bond donors (Lipinski definition) is 2. The second-order valence-corrected chi connectivity index (χ2v) is 8.56. The predicted octanol–water partition coefficient (Wildman–Crippen LogP) is 4.56. The highest BCUT2D eigenvalue weighted by atomic mass is 127. The van der Waals surface area contributed by atoms with Crippen LogP contribution in [-0.2, 0) is 26.1 Å². The Morgan fingerprint density at radius 1 is 1.10 bits per heavy atom. The molecule has 1 aromatic heterocycles. The normalized spacial score (nSPS) is 15.4. The molecule has 5 nitrogen and oxygen atoms in total. The maximum Gasteiger partial charge on any atom is 0.191 e. The third-order valence-electron chi connectivity index (χ3n) is 5.14. The molecule has 0 spiro atoms. The lowest BCUT2D eigenvalue weighted by Crippen LogP contribution is -2.36. The minimum absolute atomic E-state index is 0. The molecule has 1 fully saturated rings. The minimum atomic E-state index is 0. The summed E-state index contributed by atoms with van der Waals surface area (Å²) in [5.74, 6) is 0.811. The number of thiazole rings is 1. The van der Waals surface area contributed by atoms with Gasteiger partial charge < -0.3 is 10.6 Å². The van der Waals surface area contributed by atoms with Crippen molar-refractivity contribution in [3.63, 3.8) is 0 Å². The molecular weight excluding hydrogens is 493 g/mol. The highest BCUT2D eigenvalue weighted by Gasteiger charge is 2.10. The van der Waals surface area contributed by atoms with Gasteiger partial charge in [0.05, 0.1) is 6.54 Å². The van der Waals surface area contributed by atoms with Crippen molar-refractivity contribution in [3.8, 4) is 0 Å². The van der Waals surface area contributed by atoms with Crippen molar-refractivity contribution in [1.82, 2.24) is 20.5 Å². The number of nitrogens with one attached hydrogen (secondary N) is 2. The second kappa shape index (κ2) is 13.2. The van der Waals surface area contributed by atoms with Crippen LogP contribution in [0.1, 0.15) is 53.6 Å². The van der Waals surface area contributed by atoms with Gasteiger partial charge in [-0.3, -0.25) is 9.89 Å². The largest absolute Gasteiger partial charge is 0.352 e. The van der Waals surface area contributed by atoms with Crippen LogP contribution in [0.25, 0.3) is 0 Å². The average Bonchev–Trinajstić information content (AvgIpc) is 3.04.